The highest BCUT2D eigenvalue weighted by Gasteiger charge is 2.62. The van der Waals surface area contributed by atoms with Gasteiger partial charge in [-0.15, -0.1) is 0 Å². The van der Waals surface area contributed by atoms with Crippen molar-refractivity contribution in [1.82, 2.24) is 4.72 Å². The van der Waals surface area contributed by atoms with E-state index in [4.69, 9.17) is 10.5 Å². The molecule has 1 saturated carbocycles. The number of hydrogen-bond acceptors (Lipinski definition) is 5. The number of rotatable bonds is 8. The third kappa shape index (κ3) is 4.18. The fourth-order valence-electron chi connectivity index (χ4n) is 3.22. The minimum Gasteiger partial charge on any atom is -0.378 e. The fraction of sp³-hybridized carbons (Fsp3) is 0.632. The van der Waals surface area contributed by atoms with E-state index in [-0.39, 0.29) is 22.9 Å². The van der Waals surface area contributed by atoms with Crippen molar-refractivity contribution in [3.8, 4) is 0 Å². The molecule has 7 nitrogen and oxygen atoms in total. The molecule has 4 N–H and O–H groups in total. The molecule has 0 aliphatic heterocycles. The number of hydrogen-bond donors (Lipinski definition) is 3. The number of benzene rings is 1. The molecule has 8 heteroatoms. The molecule has 1 aliphatic rings. The number of sulfonamides is 1. The van der Waals surface area contributed by atoms with Gasteiger partial charge in [-0.3, -0.25) is 4.79 Å². The maximum atomic E-state index is 12.8. The van der Waals surface area contributed by atoms with Gasteiger partial charge in [-0.25, -0.2) is 13.1 Å². The van der Waals surface area contributed by atoms with Gasteiger partial charge in [-0.05, 0) is 38.5 Å². The topological polar surface area (TPSA) is 111 Å². The molecular weight excluding hydrogens is 366 g/mol. The lowest BCUT2D eigenvalue weighted by molar-refractivity contribution is -0.166. The van der Waals surface area contributed by atoms with E-state index < -0.39 is 21.0 Å². The Balaban J connectivity index is 2.16. The van der Waals surface area contributed by atoms with E-state index in [9.17, 15) is 13.2 Å². The zero-order chi connectivity index (χ0) is 20.5. The van der Waals surface area contributed by atoms with Crippen molar-refractivity contribution < 1.29 is 17.9 Å². The van der Waals surface area contributed by atoms with Gasteiger partial charge in [-0.1, -0.05) is 26.8 Å². The summed E-state index contributed by atoms with van der Waals surface area (Å²) in [4.78, 5) is 12.9. The van der Waals surface area contributed by atoms with E-state index in [1.165, 1.54) is 12.1 Å². The van der Waals surface area contributed by atoms with Crippen LogP contribution in [0.5, 0.6) is 0 Å². The molecule has 0 heterocycles. The zero-order valence-corrected chi connectivity index (χ0v) is 17.5. The summed E-state index contributed by atoms with van der Waals surface area (Å²) in [6.45, 7) is 10.00. The highest BCUT2D eigenvalue weighted by molar-refractivity contribution is 7.89. The Bertz CT molecular complexity index is 794. The summed E-state index contributed by atoms with van der Waals surface area (Å²) in [5.74, 6) is -0.340. The van der Waals surface area contributed by atoms with Crippen molar-refractivity contribution in [1.29, 1.82) is 0 Å². The Morgan fingerprint density at radius 1 is 1.37 bits per heavy atom. The molecule has 1 aromatic rings. The second kappa shape index (κ2) is 7.87. The summed E-state index contributed by atoms with van der Waals surface area (Å²) >= 11 is 0. The normalized spacial score (nSPS) is 25.5. The number of nitrogens with one attached hydrogen (secondary N) is 2. The average Bonchev–Trinajstić information content (AvgIpc) is 2.61. The minimum absolute atomic E-state index is 0.0790. The van der Waals surface area contributed by atoms with Crippen LogP contribution in [0, 0.1) is 5.41 Å². The summed E-state index contributed by atoms with van der Waals surface area (Å²) in [5, 5.41) is 2.77. The van der Waals surface area contributed by atoms with Gasteiger partial charge in [0.1, 0.15) is 5.54 Å². The van der Waals surface area contributed by atoms with Gasteiger partial charge in [0, 0.05) is 30.2 Å². The van der Waals surface area contributed by atoms with E-state index >= 15 is 0 Å². The van der Waals surface area contributed by atoms with Crippen LogP contribution >= 0.6 is 0 Å². The van der Waals surface area contributed by atoms with Crippen molar-refractivity contribution in [2.24, 2.45) is 11.1 Å². The molecule has 2 rings (SSSR count). The number of ether oxygens (including phenoxy) is 1. The molecule has 1 aliphatic carbocycles. The molecule has 1 fully saturated rings. The highest BCUT2D eigenvalue weighted by Crippen LogP contribution is 2.50. The van der Waals surface area contributed by atoms with Gasteiger partial charge in [0.25, 0.3) is 0 Å². The third-order valence-corrected chi connectivity index (χ3v) is 7.19. The van der Waals surface area contributed by atoms with Crippen molar-refractivity contribution in [2.45, 2.75) is 70.0 Å². The van der Waals surface area contributed by atoms with Gasteiger partial charge in [0.2, 0.25) is 15.9 Å². The number of amides is 1. The Morgan fingerprint density at radius 2 is 2.04 bits per heavy atom. The lowest BCUT2D eigenvalue weighted by Crippen LogP contribution is -2.74. The zero-order valence-electron chi connectivity index (χ0n) is 16.7. The monoisotopic (exact) mass is 397 g/mol. The second-order valence-corrected chi connectivity index (χ2v) is 9.47. The van der Waals surface area contributed by atoms with Gasteiger partial charge in [0.15, 0.2) is 0 Å². The first-order valence-corrected chi connectivity index (χ1v) is 10.8. The van der Waals surface area contributed by atoms with Crippen molar-refractivity contribution in [3.63, 3.8) is 0 Å². The van der Waals surface area contributed by atoms with Crippen LogP contribution in [0.3, 0.4) is 0 Å². The standard InChI is InChI=1S/C19H31N3O4S/c1-6-13(3)22-27(24,25)15-10-8-9-14(11-15)21-17(23)19(20)12-16(26-7-2)18(19,4)5/h8-11,13,16,22H,6-7,12,20H2,1-5H3,(H,21,23). The molecule has 0 aromatic heterocycles. The molecule has 0 radical (unpaired) electrons. The lowest BCUT2D eigenvalue weighted by atomic mass is 9.54. The first-order chi connectivity index (χ1) is 12.5. The van der Waals surface area contributed by atoms with Crippen LogP contribution in [0.4, 0.5) is 5.69 Å². The molecule has 3 atom stereocenters. The predicted octanol–water partition coefficient (Wildman–Crippen LogP) is 2.23. The maximum Gasteiger partial charge on any atom is 0.245 e. The van der Waals surface area contributed by atoms with Crippen LogP contribution in [0.15, 0.2) is 29.2 Å². The van der Waals surface area contributed by atoms with E-state index in [0.29, 0.717) is 25.1 Å². The number of nitrogens with two attached hydrogens (primary N) is 1. The molecule has 27 heavy (non-hydrogen) atoms. The van der Waals surface area contributed by atoms with Crippen LogP contribution in [-0.4, -0.2) is 38.6 Å². The number of carbonyl (C=O) groups excluding carboxylic acids is 1. The summed E-state index contributed by atoms with van der Waals surface area (Å²) < 4.78 is 33.2. The van der Waals surface area contributed by atoms with Crippen LogP contribution in [0.1, 0.15) is 47.5 Å². The number of carbonyl (C=O) groups is 1. The molecule has 1 amide bonds. The van der Waals surface area contributed by atoms with Crippen LogP contribution < -0.4 is 15.8 Å². The van der Waals surface area contributed by atoms with Crippen molar-refractivity contribution in [3.05, 3.63) is 24.3 Å². The average molecular weight is 398 g/mol. The SMILES string of the molecule is CCOC1CC(N)(C(=O)Nc2cccc(S(=O)(=O)NC(C)CC)c2)C1(C)C. The van der Waals surface area contributed by atoms with E-state index in [0.717, 1.165) is 0 Å². The minimum atomic E-state index is -3.65. The van der Waals surface area contributed by atoms with Crippen molar-refractivity contribution >= 4 is 21.6 Å². The van der Waals surface area contributed by atoms with Crippen LogP contribution in [0.2, 0.25) is 0 Å². The van der Waals surface area contributed by atoms with Crippen LogP contribution in [-0.2, 0) is 19.6 Å². The third-order valence-electron chi connectivity index (χ3n) is 5.61. The first-order valence-electron chi connectivity index (χ1n) is 9.32. The van der Waals surface area contributed by atoms with E-state index in [1.807, 2.05) is 27.7 Å². The van der Waals surface area contributed by atoms with Gasteiger partial charge in [-0.2, -0.15) is 0 Å². The van der Waals surface area contributed by atoms with Gasteiger partial charge >= 0.3 is 0 Å². The maximum absolute atomic E-state index is 12.8. The summed E-state index contributed by atoms with van der Waals surface area (Å²) in [6, 6.07) is 6.01. The summed E-state index contributed by atoms with van der Waals surface area (Å²) in [5.41, 5.74) is 5.18. The molecule has 0 bridgehead atoms. The highest BCUT2D eigenvalue weighted by atomic mass is 32.2. The largest absolute Gasteiger partial charge is 0.378 e. The van der Waals surface area contributed by atoms with E-state index in [1.54, 1.807) is 19.1 Å². The molecule has 0 spiro atoms. The quantitative estimate of drug-likeness (QED) is 0.623. The number of anilines is 1. The predicted molar refractivity (Wildman–Crippen MR) is 106 cm³/mol. The first kappa shape index (κ1) is 21.8. The molecular formula is C19H31N3O4S. The summed E-state index contributed by atoms with van der Waals surface area (Å²) in [7, 11) is -3.65. The second-order valence-electron chi connectivity index (χ2n) is 7.75. The van der Waals surface area contributed by atoms with Crippen molar-refractivity contribution in [2.75, 3.05) is 11.9 Å². The summed E-state index contributed by atoms with van der Waals surface area (Å²) in [6.07, 6.45) is 1.03. The lowest BCUT2D eigenvalue weighted by Gasteiger charge is -2.57. The molecule has 1 aromatic carbocycles. The molecule has 152 valence electrons. The van der Waals surface area contributed by atoms with Gasteiger partial charge in [0.05, 0.1) is 11.0 Å². The fourth-order valence-corrected chi connectivity index (χ4v) is 4.59. The Morgan fingerprint density at radius 3 is 2.59 bits per heavy atom. The Hall–Kier alpha value is -1.48. The smallest absolute Gasteiger partial charge is 0.245 e. The molecule has 0 saturated heterocycles. The molecule has 3 unspecified atom stereocenters. The van der Waals surface area contributed by atoms with Gasteiger partial charge < -0.3 is 15.8 Å². The Labute approximate surface area is 162 Å². The Kier molecular flexibility index (Phi) is 6.36. The van der Waals surface area contributed by atoms with E-state index in [2.05, 4.69) is 10.0 Å². The van der Waals surface area contributed by atoms with Crippen LogP contribution in [0.25, 0.3) is 0 Å².